The van der Waals surface area contributed by atoms with Gasteiger partial charge in [-0.25, -0.2) is 0 Å². The number of hydrogen-bond acceptors (Lipinski definition) is 14. The third-order valence-corrected chi connectivity index (χ3v) is 9.24. The lowest BCUT2D eigenvalue weighted by molar-refractivity contribution is -0.144. The quantitative estimate of drug-likeness (QED) is 0.0395. The zero-order valence-electron chi connectivity index (χ0n) is 36.9. The summed E-state index contributed by atoms with van der Waals surface area (Å²) >= 11 is 0. The summed E-state index contributed by atoms with van der Waals surface area (Å²) in [5, 5.41) is 5.77. The average Bonchev–Trinajstić information content (AvgIpc) is 3.22. The van der Waals surface area contributed by atoms with Crippen molar-refractivity contribution in [1.29, 1.82) is 0 Å². The summed E-state index contributed by atoms with van der Waals surface area (Å²) < 4.78 is 49.7. The van der Waals surface area contributed by atoms with E-state index in [-0.39, 0.29) is 45.0 Å². The lowest BCUT2D eigenvalue weighted by Gasteiger charge is -2.18. The Kier molecular flexibility index (Phi) is 48.1. The fraction of sp³-hybridized carbons (Fsp3) is 0.932. The molecule has 14 heteroatoms. The van der Waals surface area contributed by atoms with Crippen molar-refractivity contribution < 1.29 is 57.0 Å². The summed E-state index contributed by atoms with van der Waals surface area (Å²) in [5.41, 5.74) is 0. The minimum absolute atomic E-state index is 0.0196. The number of methoxy groups -OCH3 is 1. The number of esters is 2. The van der Waals surface area contributed by atoms with Gasteiger partial charge in [0, 0.05) is 39.8 Å². The van der Waals surface area contributed by atoms with Crippen molar-refractivity contribution >= 4 is 18.2 Å². The van der Waals surface area contributed by atoms with Crippen molar-refractivity contribution in [3.8, 4) is 0 Å². The van der Waals surface area contributed by atoms with E-state index in [0.29, 0.717) is 85.6 Å². The van der Waals surface area contributed by atoms with Gasteiger partial charge in [-0.3, -0.25) is 9.59 Å². The van der Waals surface area contributed by atoms with Crippen molar-refractivity contribution in [2.75, 3.05) is 126 Å². The van der Waals surface area contributed by atoms with Gasteiger partial charge in [-0.2, -0.15) is 0 Å². The largest absolute Gasteiger partial charge is 0.463 e. The number of ether oxygens (including phenoxy) is 9. The highest BCUT2D eigenvalue weighted by Crippen LogP contribution is 2.13. The summed E-state index contributed by atoms with van der Waals surface area (Å²) in [7, 11) is 1.59. The maximum absolute atomic E-state index is 11.8. The van der Waals surface area contributed by atoms with Crippen LogP contribution in [0, 0.1) is 0 Å². The lowest BCUT2D eigenvalue weighted by Crippen LogP contribution is -2.31. The van der Waals surface area contributed by atoms with Crippen LogP contribution in [0.5, 0.6) is 0 Å². The minimum Gasteiger partial charge on any atom is -0.463 e. The second-order valence-electron chi connectivity index (χ2n) is 14.6. The van der Waals surface area contributed by atoms with Crippen LogP contribution in [0.15, 0.2) is 0 Å². The molecule has 0 aliphatic heterocycles. The second-order valence-corrected chi connectivity index (χ2v) is 14.6. The molecule has 0 rings (SSSR count). The molecule has 344 valence electrons. The first kappa shape index (κ1) is 56.2. The molecular formula is C44H86N2O12. The SMILES string of the molecule is CCCCCCCCCCCCCCCCOCC(COCCOCCOCCOCCOC(=O)CNCCOC(=O)CNCCOC)OCCCCCCCC=O. The predicted octanol–water partition coefficient (Wildman–Crippen LogP) is 6.39. The number of nitrogens with one attached hydrogen (secondary N) is 2. The number of aldehydes is 1. The normalized spacial score (nSPS) is 11.9. The molecule has 0 aliphatic carbocycles. The first-order valence-electron chi connectivity index (χ1n) is 22.8. The van der Waals surface area contributed by atoms with E-state index < -0.39 is 5.97 Å². The van der Waals surface area contributed by atoms with Crippen molar-refractivity contribution in [2.24, 2.45) is 0 Å². The van der Waals surface area contributed by atoms with E-state index in [2.05, 4.69) is 17.6 Å². The summed E-state index contributed by atoms with van der Waals surface area (Å²) in [6.07, 6.45) is 25.6. The molecule has 0 saturated carbocycles. The molecule has 14 nitrogen and oxygen atoms in total. The summed E-state index contributed by atoms with van der Waals surface area (Å²) in [6.45, 7) is 9.48. The highest BCUT2D eigenvalue weighted by molar-refractivity contribution is 5.72. The molecule has 0 aromatic carbocycles. The Morgan fingerprint density at radius 2 is 0.879 bits per heavy atom. The number of rotatable bonds is 50. The molecule has 1 unspecified atom stereocenters. The number of hydrogen-bond donors (Lipinski definition) is 2. The van der Waals surface area contributed by atoms with E-state index in [0.717, 1.165) is 51.4 Å². The van der Waals surface area contributed by atoms with Gasteiger partial charge in [0.15, 0.2) is 0 Å². The van der Waals surface area contributed by atoms with Crippen molar-refractivity contribution in [3.63, 3.8) is 0 Å². The highest BCUT2D eigenvalue weighted by Gasteiger charge is 2.11. The molecule has 2 N–H and O–H groups in total. The maximum Gasteiger partial charge on any atom is 0.320 e. The molecular weight excluding hydrogens is 748 g/mol. The Morgan fingerprint density at radius 1 is 0.466 bits per heavy atom. The number of carbonyl (C=O) groups is 3. The number of carbonyl (C=O) groups excluding carboxylic acids is 3. The highest BCUT2D eigenvalue weighted by atomic mass is 16.6. The molecule has 0 fully saturated rings. The van der Waals surface area contributed by atoms with E-state index in [1.165, 1.54) is 83.5 Å². The Morgan fingerprint density at radius 3 is 1.40 bits per heavy atom. The van der Waals surface area contributed by atoms with Gasteiger partial charge in [-0.1, -0.05) is 110 Å². The molecule has 0 amide bonds. The van der Waals surface area contributed by atoms with Gasteiger partial charge in [-0.05, 0) is 19.3 Å². The molecule has 1 atom stereocenters. The molecule has 0 radical (unpaired) electrons. The fourth-order valence-corrected chi connectivity index (χ4v) is 5.85. The van der Waals surface area contributed by atoms with Crippen LogP contribution in [0.1, 0.15) is 135 Å². The second kappa shape index (κ2) is 49.6. The van der Waals surface area contributed by atoms with E-state index in [4.69, 9.17) is 42.6 Å². The smallest absolute Gasteiger partial charge is 0.320 e. The Bertz CT molecular complexity index is 857. The zero-order valence-corrected chi connectivity index (χ0v) is 36.9. The van der Waals surface area contributed by atoms with Gasteiger partial charge < -0.3 is 58.1 Å². The topological polar surface area (TPSA) is 158 Å². The maximum atomic E-state index is 11.8. The molecule has 0 heterocycles. The Labute approximate surface area is 352 Å². The van der Waals surface area contributed by atoms with Crippen LogP contribution in [0.25, 0.3) is 0 Å². The molecule has 0 bridgehead atoms. The Balaban J connectivity index is 3.80. The van der Waals surface area contributed by atoms with Gasteiger partial charge >= 0.3 is 11.9 Å². The third-order valence-electron chi connectivity index (χ3n) is 9.24. The van der Waals surface area contributed by atoms with Crippen LogP contribution in [-0.4, -0.2) is 150 Å². The van der Waals surface area contributed by atoms with E-state index in [9.17, 15) is 14.4 Å². The molecule has 0 aliphatic rings. The van der Waals surface area contributed by atoms with Crippen LogP contribution in [0.3, 0.4) is 0 Å². The van der Waals surface area contributed by atoms with Crippen molar-refractivity contribution in [1.82, 2.24) is 10.6 Å². The van der Waals surface area contributed by atoms with E-state index >= 15 is 0 Å². The van der Waals surface area contributed by atoms with Crippen LogP contribution < -0.4 is 10.6 Å². The number of unbranched alkanes of at least 4 members (excludes halogenated alkanes) is 18. The monoisotopic (exact) mass is 835 g/mol. The van der Waals surface area contributed by atoms with Gasteiger partial charge in [0.2, 0.25) is 0 Å². The standard InChI is InChI=1S/C44H86N2O12/c1-3-4-5-6-7-8-9-10-11-12-13-15-18-21-26-54-40-42(56-27-22-19-16-14-17-20-25-47)41-55-35-34-52-31-30-51-32-33-53-36-37-58-44(49)39-46-24-29-57-43(48)38-45-23-28-50-2/h25,42,45-46H,3-24,26-41H2,1-2H3. The minimum atomic E-state index is -0.407. The van der Waals surface area contributed by atoms with Crippen molar-refractivity contribution in [3.05, 3.63) is 0 Å². The summed E-state index contributed by atoms with van der Waals surface area (Å²) in [6, 6.07) is 0. The van der Waals surface area contributed by atoms with Crippen molar-refractivity contribution in [2.45, 2.75) is 141 Å². The third kappa shape index (κ3) is 46.9. The summed E-state index contributed by atoms with van der Waals surface area (Å²) in [4.78, 5) is 33.8. The summed E-state index contributed by atoms with van der Waals surface area (Å²) in [5.74, 6) is -0.770. The lowest BCUT2D eigenvalue weighted by atomic mass is 10.0. The predicted molar refractivity (Wildman–Crippen MR) is 227 cm³/mol. The molecule has 0 aromatic heterocycles. The van der Waals surface area contributed by atoms with Gasteiger partial charge in [0.05, 0.1) is 79.2 Å². The average molecular weight is 835 g/mol. The van der Waals surface area contributed by atoms with Crippen LogP contribution in [0.2, 0.25) is 0 Å². The van der Waals surface area contributed by atoms with Crippen LogP contribution >= 0.6 is 0 Å². The first-order chi connectivity index (χ1) is 28.6. The van der Waals surface area contributed by atoms with E-state index in [1.54, 1.807) is 7.11 Å². The zero-order chi connectivity index (χ0) is 42.1. The molecule has 58 heavy (non-hydrogen) atoms. The fourth-order valence-electron chi connectivity index (χ4n) is 5.85. The Hall–Kier alpha value is -1.75. The van der Waals surface area contributed by atoms with E-state index in [1.807, 2.05) is 0 Å². The van der Waals surface area contributed by atoms with Crippen LogP contribution in [0.4, 0.5) is 0 Å². The van der Waals surface area contributed by atoms with Gasteiger partial charge in [-0.15, -0.1) is 0 Å². The molecule has 0 aromatic rings. The first-order valence-corrected chi connectivity index (χ1v) is 22.8. The molecule has 0 saturated heterocycles. The van der Waals surface area contributed by atoms with Gasteiger partial charge in [0.25, 0.3) is 0 Å². The van der Waals surface area contributed by atoms with Crippen LogP contribution in [-0.2, 0) is 57.0 Å². The van der Waals surface area contributed by atoms with Gasteiger partial charge in [0.1, 0.15) is 25.6 Å². The molecule has 0 spiro atoms.